The third kappa shape index (κ3) is 3.94. The topological polar surface area (TPSA) is 77.8 Å². The number of carbonyl (C=O) groups is 2. The average Bonchev–Trinajstić information content (AvgIpc) is 2.33. The van der Waals surface area contributed by atoms with Crippen molar-refractivity contribution in [1.29, 1.82) is 0 Å². The molecule has 20 heavy (non-hydrogen) atoms. The normalized spacial score (nSPS) is 10.6. The highest BCUT2D eigenvalue weighted by Gasteiger charge is 2.24. The molecule has 1 amide bonds. The number of halogens is 1. The van der Waals surface area contributed by atoms with E-state index in [9.17, 15) is 19.1 Å². The Morgan fingerprint density at radius 1 is 1.35 bits per heavy atom. The predicted octanol–water partition coefficient (Wildman–Crippen LogP) is 2.25. The van der Waals surface area contributed by atoms with Crippen LogP contribution in [0, 0.1) is 5.82 Å². The first-order chi connectivity index (χ1) is 9.34. The first-order valence-corrected chi connectivity index (χ1v) is 6.34. The van der Waals surface area contributed by atoms with Gasteiger partial charge in [0, 0.05) is 19.0 Å². The standard InChI is InChI=1S/C14H18FNO4/c1-9(2)16(8-4-7-12(18)19)14(20)13-10(15)5-3-6-11(13)17/h3,5-6,9,17H,4,7-8H2,1-2H3,(H,18,19). The van der Waals surface area contributed by atoms with Crippen molar-refractivity contribution in [1.82, 2.24) is 4.90 Å². The number of hydrogen-bond acceptors (Lipinski definition) is 3. The number of hydrogen-bond donors (Lipinski definition) is 2. The van der Waals surface area contributed by atoms with Gasteiger partial charge in [0.15, 0.2) is 0 Å². The molecule has 0 atom stereocenters. The van der Waals surface area contributed by atoms with E-state index in [0.29, 0.717) is 0 Å². The van der Waals surface area contributed by atoms with Crippen molar-refractivity contribution >= 4 is 11.9 Å². The highest BCUT2D eigenvalue weighted by Crippen LogP contribution is 2.22. The molecule has 0 aliphatic heterocycles. The molecule has 110 valence electrons. The smallest absolute Gasteiger partial charge is 0.303 e. The van der Waals surface area contributed by atoms with Crippen molar-refractivity contribution in [2.24, 2.45) is 0 Å². The summed E-state index contributed by atoms with van der Waals surface area (Å²) in [5, 5.41) is 18.2. The van der Waals surface area contributed by atoms with Gasteiger partial charge >= 0.3 is 5.97 Å². The summed E-state index contributed by atoms with van der Waals surface area (Å²) in [5.41, 5.74) is -0.378. The number of amides is 1. The molecule has 1 aromatic carbocycles. The zero-order valence-electron chi connectivity index (χ0n) is 11.5. The van der Waals surface area contributed by atoms with Gasteiger partial charge in [-0.1, -0.05) is 6.07 Å². The summed E-state index contributed by atoms with van der Waals surface area (Å²) in [6.07, 6.45) is 0.203. The molecular weight excluding hydrogens is 265 g/mol. The van der Waals surface area contributed by atoms with Crippen molar-refractivity contribution in [3.63, 3.8) is 0 Å². The molecule has 0 aliphatic rings. The molecule has 0 fully saturated rings. The molecule has 0 bridgehead atoms. The molecule has 1 rings (SSSR count). The van der Waals surface area contributed by atoms with E-state index in [1.165, 1.54) is 17.0 Å². The van der Waals surface area contributed by atoms with E-state index in [2.05, 4.69) is 0 Å². The highest BCUT2D eigenvalue weighted by atomic mass is 19.1. The van der Waals surface area contributed by atoms with Crippen molar-refractivity contribution in [3.05, 3.63) is 29.6 Å². The Bertz CT molecular complexity index is 482. The summed E-state index contributed by atoms with van der Waals surface area (Å²) in [5.74, 6) is -2.80. The Morgan fingerprint density at radius 2 is 2.00 bits per heavy atom. The number of phenolic OH excluding ortho intramolecular Hbond substituents is 1. The van der Waals surface area contributed by atoms with E-state index in [1.807, 2.05) is 0 Å². The van der Waals surface area contributed by atoms with Crippen LogP contribution < -0.4 is 0 Å². The van der Waals surface area contributed by atoms with Gasteiger partial charge in [-0.3, -0.25) is 9.59 Å². The van der Waals surface area contributed by atoms with Crippen molar-refractivity contribution in [2.45, 2.75) is 32.7 Å². The lowest BCUT2D eigenvalue weighted by atomic mass is 10.1. The maximum absolute atomic E-state index is 13.7. The minimum Gasteiger partial charge on any atom is -0.507 e. The van der Waals surface area contributed by atoms with Gasteiger partial charge in [0.1, 0.15) is 17.1 Å². The van der Waals surface area contributed by atoms with Crippen LogP contribution in [0.1, 0.15) is 37.0 Å². The second-order valence-electron chi connectivity index (χ2n) is 4.72. The summed E-state index contributed by atoms with van der Waals surface area (Å²) < 4.78 is 13.7. The summed E-state index contributed by atoms with van der Waals surface area (Å²) in [4.78, 5) is 24.1. The molecule has 1 aromatic rings. The highest BCUT2D eigenvalue weighted by molar-refractivity contribution is 5.97. The Kier molecular flexibility index (Phi) is 5.49. The average molecular weight is 283 g/mol. The van der Waals surface area contributed by atoms with Crippen LogP contribution in [0.2, 0.25) is 0 Å². The number of rotatable bonds is 6. The number of aromatic hydroxyl groups is 1. The van der Waals surface area contributed by atoms with E-state index in [-0.39, 0.29) is 31.0 Å². The maximum Gasteiger partial charge on any atom is 0.303 e. The van der Waals surface area contributed by atoms with Crippen molar-refractivity contribution in [3.8, 4) is 5.75 Å². The van der Waals surface area contributed by atoms with Gasteiger partial charge < -0.3 is 15.1 Å². The quantitative estimate of drug-likeness (QED) is 0.839. The molecule has 2 N–H and O–H groups in total. The number of carbonyl (C=O) groups excluding carboxylic acids is 1. The lowest BCUT2D eigenvalue weighted by Crippen LogP contribution is -2.38. The Hall–Kier alpha value is -2.11. The summed E-state index contributed by atoms with van der Waals surface area (Å²) in [6.45, 7) is 3.68. The minimum atomic E-state index is -0.949. The fourth-order valence-corrected chi connectivity index (χ4v) is 1.86. The summed E-state index contributed by atoms with van der Waals surface area (Å²) in [6, 6.07) is 3.43. The largest absolute Gasteiger partial charge is 0.507 e. The van der Waals surface area contributed by atoms with Crippen LogP contribution in [0.5, 0.6) is 5.75 Å². The van der Waals surface area contributed by atoms with Crippen molar-refractivity contribution < 1.29 is 24.2 Å². The van der Waals surface area contributed by atoms with Crippen molar-refractivity contribution in [2.75, 3.05) is 6.54 Å². The Morgan fingerprint density at radius 3 is 2.50 bits per heavy atom. The van der Waals surface area contributed by atoms with Gasteiger partial charge in [-0.2, -0.15) is 0 Å². The van der Waals surface area contributed by atoms with Gasteiger partial charge in [0.25, 0.3) is 5.91 Å². The summed E-state index contributed by atoms with van der Waals surface area (Å²) >= 11 is 0. The van der Waals surface area contributed by atoms with Gasteiger partial charge in [-0.05, 0) is 32.4 Å². The Labute approximate surface area is 116 Å². The number of phenols is 1. The monoisotopic (exact) mass is 283 g/mol. The molecule has 0 aromatic heterocycles. The molecule has 0 heterocycles. The van der Waals surface area contributed by atoms with Gasteiger partial charge in [-0.25, -0.2) is 4.39 Å². The minimum absolute atomic E-state index is 0.0697. The van der Waals surface area contributed by atoms with Crippen LogP contribution in [0.4, 0.5) is 4.39 Å². The van der Waals surface area contributed by atoms with Crippen LogP contribution in [0.3, 0.4) is 0 Å². The SMILES string of the molecule is CC(C)N(CCCC(=O)O)C(=O)c1c(O)cccc1F. The lowest BCUT2D eigenvalue weighted by molar-refractivity contribution is -0.137. The molecular formula is C14H18FNO4. The first-order valence-electron chi connectivity index (χ1n) is 6.34. The van der Waals surface area contributed by atoms with E-state index < -0.39 is 23.4 Å². The third-order valence-corrected chi connectivity index (χ3v) is 2.88. The van der Waals surface area contributed by atoms with E-state index in [0.717, 1.165) is 6.07 Å². The molecule has 0 unspecified atom stereocenters. The first kappa shape index (κ1) is 15.9. The van der Waals surface area contributed by atoms with Gasteiger partial charge in [-0.15, -0.1) is 0 Å². The summed E-state index contributed by atoms with van der Waals surface area (Å²) in [7, 11) is 0. The van der Waals surface area contributed by atoms with Crippen LogP contribution in [0.15, 0.2) is 18.2 Å². The van der Waals surface area contributed by atoms with E-state index in [4.69, 9.17) is 5.11 Å². The van der Waals surface area contributed by atoms with Gasteiger partial charge in [0.2, 0.25) is 0 Å². The van der Waals surface area contributed by atoms with E-state index >= 15 is 0 Å². The molecule has 0 saturated heterocycles. The number of carboxylic acids is 1. The predicted molar refractivity (Wildman–Crippen MR) is 71.1 cm³/mol. The molecule has 0 spiro atoms. The zero-order chi connectivity index (χ0) is 15.3. The fraction of sp³-hybridized carbons (Fsp3) is 0.429. The van der Waals surface area contributed by atoms with Crippen LogP contribution in [-0.4, -0.2) is 39.6 Å². The lowest BCUT2D eigenvalue weighted by Gasteiger charge is -2.27. The van der Waals surface area contributed by atoms with Crippen LogP contribution in [0.25, 0.3) is 0 Å². The molecule has 5 nitrogen and oxygen atoms in total. The number of benzene rings is 1. The molecule has 6 heteroatoms. The van der Waals surface area contributed by atoms with Gasteiger partial charge in [0.05, 0.1) is 0 Å². The number of carboxylic acid groups (broad SMARTS) is 1. The van der Waals surface area contributed by atoms with Crippen LogP contribution in [-0.2, 0) is 4.79 Å². The second kappa shape index (κ2) is 6.88. The second-order valence-corrected chi connectivity index (χ2v) is 4.72. The fourth-order valence-electron chi connectivity index (χ4n) is 1.86. The Balaban J connectivity index is 2.91. The van der Waals surface area contributed by atoms with E-state index in [1.54, 1.807) is 13.8 Å². The zero-order valence-corrected chi connectivity index (χ0v) is 11.5. The molecule has 0 saturated carbocycles. The number of nitrogens with zero attached hydrogens (tertiary/aromatic N) is 1. The third-order valence-electron chi connectivity index (χ3n) is 2.88. The number of aliphatic carboxylic acids is 1. The molecule has 0 aliphatic carbocycles. The maximum atomic E-state index is 13.7. The molecule has 0 radical (unpaired) electrons. The van der Waals surface area contributed by atoms with Crippen LogP contribution >= 0.6 is 0 Å².